The quantitative estimate of drug-likeness (QED) is 0.710. The smallest absolute Gasteiger partial charge is 0.164 e. The molecule has 1 unspecified atom stereocenters. The molecule has 0 aliphatic carbocycles. The average molecular weight is 235 g/mol. The van der Waals surface area contributed by atoms with Crippen molar-refractivity contribution in [2.24, 2.45) is 0 Å². The van der Waals surface area contributed by atoms with Crippen molar-refractivity contribution in [2.45, 2.75) is 51.7 Å². The van der Waals surface area contributed by atoms with E-state index in [0.717, 1.165) is 31.6 Å². The minimum atomic E-state index is 0.253. The number of carbonyl (C=O) groups excluding carboxylic acids is 1. The van der Waals surface area contributed by atoms with Gasteiger partial charge in [0.25, 0.3) is 0 Å². The molecule has 0 amide bonds. The van der Waals surface area contributed by atoms with Gasteiger partial charge in [-0.25, -0.2) is 0 Å². The zero-order chi connectivity index (χ0) is 12.1. The Hall–Kier alpha value is -1.09. The van der Waals surface area contributed by atoms with Crippen molar-refractivity contribution in [3.05, 3.63) is 24.0 Å². The maximum absolute atomic E-state index is 11.7. The Labute approximate surface area is 103 Å². The van der Waals surface area contributed by atoms with Gasteiger partial charge in [0.15, 0.2) is 5.78 Å². The van der Waals surface area contributed by atoms with Gasteiger partial charge in [0.05, 0.1) is 6.10 Å². The SMILES string of the molecule is CCCC(=O)c1ccn(CCC2CCCO2)c1. The van der Waals surface area contributed by atoms with Gasteiger partial charge in [0.1, 0.15) is 0 Å². The second-order valence-electron chi connectivity index (χ2n) is 4.73. The van der Waals surface area contributed by atoms with Gasteiger partial charge in [-0.1, -0.05) is 6.92 Å². The van der Waals surface area contributed by atoms with Crippen molar-refractivity contribution in [3.8, 4) is 0 Å². The summed E-state index contributed by atoms with van der Waals surface area (Å²) < 4.78 is 7.69. The number of aryl methyl sites for hydroxylation is 1. The van der Waals surface area contributed by atoms with Crippen LogP contribution in [0.2, 0.25) is 0 Å². The monoisotopic (exact) mass is 235 g/mol. The van der Waals surface area contributed by atoms with Gasteiger partial charge >= 0.3 is 0 Å². The number of Topliss-reactive ketones (excluding diaryl/α,β-unsaturated/α-hetero) is 1. The van der Waals surface area contributed by atoms with Crippen LogP contribution >= 0.6 is 0 Å². The molecule has 1 aliphatic rings. The van der Waals surface area contributed by atoms with Gasteiger partial charge < -0.3 is 9.30 Å². The van der Waals surface area contributed by atoms with E-state index in [4.69, 9.17) is 4.74 Å². The van der Waals surface area contributed by atoms with Crippen molar-refractivity contribution in [1.82, 2.24) is 4.57 Å². The highest BCUT2D eigenvalue weighted by Gasteiger charge is 2.15. The number of rotatable bonds is 6. The van der Waals surface area contributed by atoms with E-state index in [2.05, 4.69) is 4.57 Å². The molecule has 0 bridgehead atoms. The highest BCUT2D eigenvalue weighted by molar-refractivity contribution is 5.95. The zero-order valence-corrected chi connectivity index (χ0v) is 10.5. The van der Waals surface area contributed by atoms with Crippen LogP contribution in [-0.2, 0) is 11.3 Å². The highest BCUT2D eigenvalue weighted by atomic mass is 16.5. The van der Waals surface area contributed by atoms with Crippen LogP contribution in [0.3, 0.4) is 0 Å². The van der Waals surface area contributed by atoms with E-state index in [1.165, 1.54) is 12.8 Å². The van der Waals surface area contributed by atoms with Gasteiger partial charge in [-0.3, -0.25) is 4.79 Å². The predicted molar refractivity (Wildman–Crippen MR) is 67.3 cm³/mol. The van der Waals surface area contributed by atoms with Gasteiger partial charge in [0, 0.05) is 37.5 Å². The Balaban J connectivity index is 1.83. The first-order valence-electron chi connectivity index (χ1n) is 6.60. The summed E-state index contributed by atoms with van der Waals surface area (Å²) in [5, 5.41) is 0. The summed E-state index contributed by atoms with van der Waals surface area (Å²) in [7, 11) is 0. The molecule has 3 heteroatoms. The normalized spacial score (nSPS) is 19.7. The minimum Gasteiger partial charge on any atom is -0.378 e. The third kappa shape index (κ3) is 3.43. The molecule has 0 spiro atoms. The molecule has 94 valence electrons. The van der Waals surface area contributed by atoms with Crippen LogP contribution in [0, 0.1) is 0 Å². The molecule has 0 N–H and O–H groups in total. The van der Waals surface area contributed by atoms with Crippen LogP contribution in [0.1, 0.15) is 49.4 Å². The number of hydrogen-bond acceptors (Lipinski definition) is 2. The number of hydrogen-bond donors (Lipinski definition) is 0. The van der Waals surface area contributed by atoms with Crippen LogP contribution in [0.4, 0.5) is 0 Å². The van der Waals surface area contributed by atoms with Crippen LogP contribution < -0.4 is 0 Å². The van der Waals surface area contributed by atoms with Gasteiger partial charge in [-0.15, -0.1) is 0 Å². The first-order valence-corrected chi connectivity index (χ1v) is 6.60. The second kappa shape index (κ2) is 6.01. The molecule has 2 rings (SSSR count). The Morgan fingerprint density at radius 1 is 1.59 bits per heavy atom. The standard InChI is InChI=1S/C14H21NO2/c1-2-4-14(16)12-6-8-15(11-12)9-7-13-5-3-10-17-13/h6,8,11,13H,2-5,7,9-10H2,1H3. The molecule has 1 aliphatic heterocycles. The third-order valence-corrected chi connectivity index (χ3v) is 3.28. The molecule has 17 heavy (non-hydrogen) atoms. The van der Waals surface area contributed by atoms with Gasteiger partial charge in [-0.05, 0) is 31.7 Å². The van der Waals surface area contributed by atoms with Crippen LogP contribution in [-0.4, -0.2) is 23.1 Å². The van der Waals surface area contributed by atoms with E-state index in [-0.39, 0.29) is 5.78 Å². The fraction of sp³-hybridized carbons (Fsp3) is 0.643. The molecule has 0 radical (unpaired) electrons. The summed E-state index contributed by atoms with van der Waals surface area (Å²) in [4.78, 5) is 11.7. The molecule has 1 saturated heterocycles. The number of nitrogens with zero attached hydrogens (tertiary/aromatic N) is 1. The first kappa shape index (κ1) is 12.4. The molecule has 1 atom stereocenters. The molecular formula is C14H21NO2. The fourth-order valence-electron chi connectivity index (χ4n) is 2.28. The highest BCUT2D eigenvalue weighted by Crippen LogP contribution is 2.16. The maximum atomic E-state index is 11.7. The number of ether oxygens (including phenoxy) is 1. The van der Waals surface area contributed by atoms with Crippen molar-refractivity contribution in [1.29, 1.82) is 0 Å². The first-order chi connectivity index (χ1) is 8.29. The zero-order valence-electron chi connectivity index (χ0n) is 10.5. The van der Waals surface area contributed by atoms with Gasteiger partial charge in [-0.2, -0.15) is 0 Å². The molecule has 1 aromatic heterocycles. The Morgan fingerprint density at radius 2 is 2.47 bits per heavy atom. The summed E-state index contributed by atoms with van der Waals surface area (Å²) in [5.41, 5.74) is 0.846. The minimum absolute atomic E-state index is 0.253. The average Bonchev–Trinajstić information content (AvgIpc) is 2.98. The van der Waals surface area contributed by atoms with Crippen molar-refractivity contribution < 1.29 is 9.53 Å². The molecule has 2 heterocycles. The topological polar surface area (TPSA) is 31.2 Å². The van der Waals surface area contributed by atoms with E-state index in [1.54, 1.807) is 0 Å². The van der Waals surface area contributed by atoms with Crippen LogP contribution in [0.15, 0.2) is 18.5 Å². The number of ketones is 1. The summed E-state index contributed by atoms with van der Waals surface area (Å²) in [6.45, 7) is 3.90. The molecule has 3 nitrogen and oxygen atoms in total. The van der Waals surface area contributed by atoms with E-state index in [1.807, 2.05) is 25.4 Å². The predicted octanol–water partition coefficient (Wildman–Crippen LogP) is 3.04. The molecular weight excluding hydrogens is 214 g/mol. The molecule has 1 aromatic rings. The summed E-state index contributed by atoms with van der Waals surface area (Å²) >= 11 is 0. The summed E-state index contributed by atoms with van der Waals surface area (Å²) in [5.74, 6) is 0.253. The second-order valence-corrected chi connectivity index (χ2v) is 4.73. The van der Waals surface area contributed by atoms with Crippen molar-refractivity contribution >= 4 is 5.78 Å². The number of aromatic nitrogens is 1. The van der Waals surface area contributed by atoms with E-state index < -0.39 is 0 Å². The van der Waals surface area contributed by atoms with E-state index in [9.17, 15) is 4.79 Å². The Kier molecular flexibility index (Phi) is 4.37. The lowest BCUT2D eigenvalue weighted by atomic mass is 10.1. The Morgan fingerprint density at radius 3 is 3.18 bits per heavy atom. The number of carbonyl (C=O) groups is 1. The Bertz CT molecular complexity index is 364. The maximum Gasteiger partial charge on any atom is 0.164 e. The largest absolute Gasteiger partial charge is 0.378 e. The summed E-state index contributed by atoms with van der Waals surface area (Å²) in [6, 6.07) is 1.92. The van der Waals surface area contributed by atoms with Crippen LogP contribution in [0.25, 0.3) is 0 Å². The van der Waals surface area contributed by atoms with E-state index in [0.29, 0.717) is 12.5 Å². The lowest BCUT2D eigenvalue weighted by Crippen LogP contribution is -2.09. The molecule has 1 fully saturated rings. The van der Waals surface area contributed by atoms with E-state index >= 15 is 0 Å². The van der Waals surface area contributed by atoms with Crippen LogP contribution in [0.5, 0.6) is 0 Å². The summed E-state index contributed by atoms with van der Waals surface area (Å²) in [6.07, 6.45) is 9.38. The molecule has 0 saturated carbocycles. The van der Waals surface area contributed by atoms with Crippen molar-refractivity contribution in [2.75, 3.05) is 6.61 Å². The van der Waals surface area contributed by atoms with Gasteiger partial charge in [0.2, 0.25) is 0 Å². The fourth-order valence-corrected chi connectivity index (χ4v) is 2.28. The van der Waals surface area contributed by atoms with Crippen molar-refractivity contribution in [3.63, 3.8) is 0 Å². The third-order valence-electron chi connectivity index (χ3n) is 3.28. The molecule has 0 aromatic carbocycles. The lowest BCUT2D eigenvalue weighted by molar-refractivity contribution is 0.0981. The lowest BCUT2D eigenvalue weighted by Gasteiger charge is -2.09.